The Kier molecular flexibility index (Phi) is 3.42. The molecule has 22 heavy (non-hydrogen) atoms. The number of aromatic amines is 1. The highest BCUT2D eigenvalue weighted by atomic mass is 16.3. The van der Waals surface area contributed by atoms with Crippen LogP contribution in [0.2, 0.25) is 0 Å². The lowest BCUT2D eigenvalue weighted by molar-refractivity contribution is 0.475. The summed E-state index contributed by atoms with van der Waals surface area (Å²) < 4.78 is 1.82. The van der Waals surface area contributed by atoms with E-state index in [4.69, 9.17) is 5.73 Å². The van der Waals surface area contributed by atoms with Gasteiger partial charge in [-0.1, -0.05) is 12.1 Å². The number of aromatic nitrogens is 3. The lowest BCUT2D eigenvalue weighted by Gasteiger charge is -2.08. The van der Waals surface area contributed by atoms with Crippen LogP contribution in [0, 0.1) is 6.92 Å². The van der Waals surface area contributed by atoms with Crippen LogP contribution in [0.25, 0.3) is 11.1 Å². The van der Waals surface area contributed by atoms with E-state index >= 15 is 0 Å². The number of nitrogens with zero attached hydrogens (tertiary/aromatic N) is 2. The van der Waals surface area contributed by atoms with Gasteiger partial charge >= 0.3 is 0 Å². The molecule has 0 aliphatic heterocycles. The Hall–Kier alpha value is -3.02. The van der Waals surface area contributed by atoms with Crippen LogP contribution in [-0.2, 0) is 6.54 Å². The fourth-order valence-corrected chi connectivity index (χ4v) is 2.33. The Morgan fingerprint density at radius 1 is 1.23 bits per heavy atom. The molecule has 6 heteroatoms. The molecule has 0 atom stereocenters. The van der Waals surface area contributed by atoms with Gasteiger partial charge in [-0.05, 0) is 36.8 Å². The highest BCUT2D eigenvalue weighted by Gasteiger charge is 2.07. The second-order valence-electron chi connectivity index (χ2n) is 5.12. The molecule has 2 aromatic heterocycles. The van der Waals surface area contributed by atoms with Crippen molar-refractivity contribution in [2.75, 3.05) is 5.73 Å². The van der Waals surface area contributed by atoms with Gasteiger partial charge in [0.1, 0.15) is 5.75 Å². The molecule has 0 radical (unpaired) electrons. The molecule has 0 saturated carbocycles. The molecule has 4 N–H and O–H groups in total. The Morgan fingerprint density at radius 3 is 2.55 bits per heavy atom. The molecule has 0 bridgehead atoms. The molecule has 0 aliphatic carbocycles. The van der Waals surface area contributed by atoms with Crippen LogP contribution in [0.3, 0.4) is 0 Å². The number of nitrogens with two attached hydrogens (primary N) is 1. The molecule has 6 nitrogen and oxygen atoms in total. The van der Waals surface area contributed by atoms with E-state index in [2.05, 4.69) is 9.97 Å². The zero-order chi connectivity index (χ0) is 15.7. The van der Waals surface area contributed by atoms with Gasteiger partial charge in [0.2, 0.25) is 5.95 Å². The Balaban J connectivity index is 1.93. The van der Waals surface area contributed by atoms with Crippen molar-refractivity contribution in [1.82, 2.24) is 14.5 Å². The normalized spacial score (nSPS) is 10.8. The molecule has 0 saturated heterocycles. The summed E-state index contributed by atoms with van der Waals surface area (Å²) in [6.45, 7) is 2.37. The summed E-state index contributed by atoms with van der Waals surface area (Å²) >= 11 is 0. The molecule has 0 amide bonds. The number of aromatic hydroxyl groups is 1. The number of benzene rings is 1. The van der Waals surface area contributed by atoms with E-state index in [0.717, 1.165) is 17.0 Å². The van der Waals surface area contributed by atoms with Crippen LogP contribution < -0.4 is 11.3 Å². The van der Waals surface area contributed by atoms with Crippen molar-refractivity contribution in [3.8, 4) is 16.9 Å². The van der Waals surface area contributed by atoms with Crippen molar-refractivity contribution in [2.24, 2.45) is 0 Å². The van der Waals surface area contributed by atoms with Crippen LogP contribution in [-0.4, -0.2) is 19.6 Å². The van der Waals surface area contributed by atoms with Crippen LogP contribution in [0.1, 0.15) is 11.4 Å². The quantitative estimate of drug-likeness (QED) is 0.687. The molecule has 0 unspecified atom stereocenters. The maximum Gasteiger partial charge on any atom is 0.256 e. The zero-order valence-corrected chi connectivity index (χ0v) is 12.1. The minimum Gasteiger partial charge on any atom is -0.508 e. The first kappa shape index (κ1) is 13.9. The van der Waals surface area contributed by atoms with Gasteiger partial charge in [-0.2, -0.15) is 0 Å². The molecular formula is C16H16N4O2. The molecule has 0 spiro atoms. The lowest BCUT2D eigenvalue weighted by Crippen LogP contribution is -2.14. The number of imidazole rings is 1. The largest absolute Gasteiger partial charge is 0.508 e. The van der Waals surface area contributed by atoms with E-state index in [0.29, 0.717) is 18.1 Å². The van der Waals surface area contributed by atoms with Crippen LogP contribution >= 0.6 is 0 Å². The number of phenolic OH excluding ortho intramolecular Hbond substituents is 1. The van der Waals surface area contributed by atoms with Gasteiger partial charge in [0.15, 0.2) is 0 Å². The van der Waals surface area contributed by atoms with E-state index < -0.39 is 0 Å². The smallest absolute Gasteiger partial charge is 0.256 e. The van der Waals surface area contributed by atoms with Gasteiger partial charge in [-0.25, -0.2) is 4.98 Å². The first-order chi connectivity index (χ1) is 10.5. The summed E-state index contributed by atoms with van der Waals surface area (Å²) in [5.74, 6) is 0.587. The number of H-pyrrole nitrogens is 1. The second-order valence-corrected chi connectivity index (χ2v) is 5.12. The lowest BCUT2D eigenvalue weighted by atomic mass is 10.1. The van der Waals surface area contributed by atoms with Crippen LogP contribution in [0.5, 0.6) is 5.75 Å². The maximum atomic E-state index is 12.2. The number of pyridine rings is 1. The number of anilines is 1. The number of aryl methyl sites for hydroxylation is 1. The number of hydrogen-bond acceptors (Lipinski definition) is 4. The second kappa shape index (κ2) is 5.40. The highest BCUT2D eigenvalue weighted by molar-refractivity contribution is 5.63. The highest BCUT2D eigenvalue weighted by Crippen LogP contribution is 2.19. The summed E-state index contributed by atoms with van der Waals surface area (Å²) in [6, 6.07) is 10.1. The number of nitrogen functional groups attached to an aromatic ring is 1. The topological polar surface area (TPSA) is 96.9 Å². The first-order valence-electron chi connectivity index (χ1n) is 6.84. The number of hydrogen-bond donors (Lipinski definition) is 3. The van der Waals surface area contributed by atoms with Crippen LogP contribution in [0.15, 0.2) is 47.4 Å². The predicted octanol–water partition coefficient (Wildman–Crippen LogP) is 1.88. The minimum absolute atomic E-state index is 0.169. The molecule has 3 rings (SSSR count). The molecule has 2 heterocycles. The minimum atomic E-state index is -0.181. The summed E-state index contributed by atoms with van der Waals surface area (Å²) in [5, 5.41) is 9.31. The zero-order valence-electron chi connectivity index (χ0n) is 12.1. The molecule has 0 fully saturated rings. The summed E-state index contributed by atoms with van der Waals surface area (Å²) in [5.41, 5.74) is 8.61. The van der Waals surface area contributed by atoms with Crippen molar-refractivity contribution in [3.63, 3.8) is 0 Å². The molecule has 1 aromatic carbocycles. The van der Waals surface area contributed by atoms with Gasteiger partial charge in [0.05, 0.1) is 12.7 Å². The Bertz CT molecular complexity index is 843. The predicted molar refractivity (Wildman–Crippen MR) is 84.6 cm³/mol. The Morgan fingerprint density at radius 2 is 1.95 bits per heavy atom. The van der Waals surface area contributed by atoms with E-state index in [9.17, 15) is 9.90 Å². The molecule has 3 aromatic rings. The number of rotatable bonds is 3. The average Bonchev–Trinajstić information content (AvgIpc) is 2.81. The average molecular weight is 296 g/mol. The van der Waals surface area contributed by atoms with Gasteiger partial charge in [-0.3, -0.25) is 4.79 Å². The standard InChI is InChI=1S/C16H16N4O2/c1-10-8-18-16(17)20(10)9-12-4-7-14(15(22)19-12)11-2-5-13(21)6-3-11/h2-8,21H,9H2,1H3,(H2,17,18)(H,19,22). The van der Waals surface area contributed by atoms with E-state index in [1.54, 1.807) is 36.5 Å². The number of phenols is 1. The van der Waals surface area contributed by atoms with E-state index in [-0.39, 0.29) is 11.3 Å². The fraction of sp³-hybridized carbons (Fsp3) is 0.125. The number of nitrogens with one attached hydrogen (secondary N) is 1. The van der Waals surface area contributed by atoms with Crippen molar-refractivity contribution < 1.29 is 5.11 Å². The molecular weight excluding hydrogens is 280 g/mol. The van der Waals surface area contributed by atoms with Crippen molar-refractivity contribution >= 4 is 5.95 Å². The third-order valence-corrected chi connectivity index (χ3v) is 3.56. The molecule has 112 valence electrons. The SMILES string of the molecule is Cc1cnc(N)n1Cc1ccc(-c2ccc(O)cc2)c(=O)[nH]1. The first-order valence-corrected chi connectivity index (χ1v) is 6.84. The summed E-state index contributed by atoms with van der Waals surface area (Å²) in [6.07, 6.45) is 1.69. The van der Waals surface area contributed by atoms with Gasteiger partial charge in [-0.15, -0.1) is 0 Å². The third-order valence-electron chi connectivity index (χ3n) is 3.56. The maximum absolute atomic E-state index is 12.2. The third kappa shape index (κ3) is 2.58. The Labute approximate surface area is 126 Å². The van der Waals surface area contributed by atoms with E-state index in [1.165, 1.54) is 0 Å². The molecule has 0 aliphatic rings. The van der Waals surface area contributed by atoms with Gasteiger partial charge < -0.3 is 20.4 Å². The van der Waals surface area contributed by atoms with Crippen LogP contribution in [0.4, 0.5) is 5.95 Å². The van der Waals surface area contributed by atoms with E-state index in [1.807, 2.05) is 17.6 Å². The van der Waals surface area contributed by atoms with Crippen molar-refractivity contribution in [2.45, 2.75) is 13.5 Å². The summed E-state index contributed by atoms with van der Waals surface area (Å²) in [7, 11) is 0. The van der Waals surface area contributed by atoms with Crippen molar-refractivity contribution in [3.05, 3.63) is 64.3 Å². The summed E-state index contributed by atoms with van der Waals surface area (Å²) in [4.78, 5) is 19.1. The van der Waals surface area contributed by atoms with Gasteiger partial charge in [0, 0.05) is 17.0 Å². The van der Waals surface area contributed by atoms with Crippen molar-refractivity contribution in [1.29, 1.82) is 0 Å². The monoisotopic (exact) mass is 296 g/mol. The van der Waals surface area contributed by atoms with Gasteiger partial charge in [0.25, 0.3) is 5.56 Å². The fourth-order valence-electron chi connectivity index (χ4n) is 2.33.